The van der Waals surface area contributed by atoms with Crippen molar-refractivity contribution >= 4 is 29.0 Å². The van der Waals surface area contributed by atoms with Crippen molar-refractivity contribution in [3.8, 4) is 0 Å². The van der Waals surface area contributed by atoms with Crippen LogP contribution in [0.1, 0.15) is 32.1 Å². The maximum atomic E-state index is 12.3. The van der Waals surface area contributed by atoms with Gasteiger partial charge in [-0.05, 0) is 37.1 Å². The van der Waals surface area contributed by atoms with Gasteiger partial charge in [0.1, 0.15) is 0 Å². The molecule has 124 valence electrons. The third kappa shape index (κ3) is 3.16. The number of rotatable bonds is 4. The summed E-state index contributed by atoms with van der Waals surface area (Å²) in [5, 5.41) is 3.20. The molecule has 1 fully saturated rings. The Labute approximate surface area is 147 Å². The second-order valence-electron chi connectivity index (χ2n) is 6.49. The predicted octanol–water partition coefficient (Wildman–Crippen LogP) is 4.74. The van der Waals surface area contributed by atoms with Crippen LogP contribution in [-0.2, 0) is 4.79 Å². The molecule has 3 nitrogen and oxygen atoms in total. The molecule has 1 aliphatic carbocycles. The van der Waals surface area contributed by atoms with Gasteiger partial charge in [0.2, 0.25) is 5.91 Å². The lowest BCUT2D eigenvalue weighted by Crippen LogP contribution is -2.35. The largest absolute Gasteiger partial charge is 0.353 e. The highest BCUT2D eigenvalue weighted by Crippen LogP contribution is 2.47. The van der Waals surface area contributed by atoms with Gasteiger partial charge in [0, 0.05) is 28.8 Å². The average molecular weight is 338 g/mol. The maximum Gasteiger partial charge on any atom is 0.222 e. The van der Waals surface area contributed by atoms with Gasteiger partial charge < -0.3 is 10.2 Å². The quantitative estimate of drug-likeness (QED) is 0.874. The molecule has 2 aromatic carbocycles. The lowest BCUT2D eigenvalue weighted by molar-refractivity contribution is -0.121. The molecule has 0 atom stereocenters. The fraction of sp³-hybridized carbons (Fsp3) is 0.350. The first-order chi connectivity index (χ1) is 11.8. The molecule has 0 bridgehead atoms. The Morgan fingerprint density at radius 2 is 1.58 bits per heavy atom. The van der Waals surface area contributed by atoms with Gasteiger partial charge in [0.15, 0.2) is 0 Å². The van der Waals surface area contributed by atoms with Crippen LogP contribution in [0.2, 0.25) is 0 Å². The Kier molecular flexibility index (Phi) is 4.48. The van der Waals surface area contributed by atoms with Crippen LogP contribution >= 0.6 is 11.8 Å². The third-order valence-electron chi connectivity index (χ3n) is 4.81. The molecule has 0 saturated heterocycles. The molecular weight excluding hydrogens is 316 g/mol. The lowest BCUT2D eigenvalue weighted by atomic mass is 10.2. The molecule has 1 heterocycles. The van der Waals surface area contributed by atoms with E-state index in [-0.39, 0.29) is 5.91 Å². The Balaban J connectivity index is 1.50. The molecular formula is C20H22N2OS. The molecule has 2 aliphatic rings. The van der Waals surface area contributed by atoms with E-state index in [1.807, 2.05) is 0 Å². The normalized spacial score (nSPS) is 16.6. The lowest BCUT2D eigenvalue weighted by Gasteiger charge is -2.32. The zero-order valence-electron chi connectivity index (χ0n) is 13.7. The number of amides is 1. The number of benzene rings is 2. The van der Waals surface area contributed by atoms with Crippen molar-refractivity contribution in [3.63, 3.8) is 0 Å². The third-order valence-corrected chi connectivity index (χ3v) is 5.95. The highest BCUT2D eigenvalue weighted by Gasteiger charge is 2.24. The Hall–Kier alpha value is -1.94. The number of nitrogens with one attached hydrogen (secondary N) is 1. The first-order valence-electron chi connectivity index (χ1n) is 8.74. The molecule has 4 heteroatoms. The van der Waals surface area contributed by atoms with Crippen molar-refractivity contribution in [1.29, 1.82) is 0 Å². The molecule has 4 rings (SSSR count). The minimum Gasteiger partial charge on any atom is -0.353 e. The van der Waals surface area contributed by atoms with Gasteiger partial charge in [0.05, 0.1) is 11.4 Å². The topological polar surface area (TPSA) is 32.3 Å². The van der Waals surface area contributed by atoms with Crippen molar-refractivity contribution < 1.29 is 4.79 Å². The molecule has 0 spiro atoms. The smallest absolute Gasteiger partial charge is 0.222 e. The number of anilines is 2. The second kappa shape index (κ2) is 6.89. The van der Waals surface area contributed by atoms with Crippen molar-refractivity contribution in [3.05, 3.63) is 48.5 Å². The van der Waals surface area contributed by atoms with E-state index in [4.69, 9.17) is 0 Å². The first kappa shape index (κ1) is 15.6. The summed E-state index contributed by atoms with van der Waals surface area (Å²) in [6.45, 7) is 0.715. The van der Waals surface area contributed by atoms with Gasteiger partial charge >= 0.3 is 0 Å². The molecule has 1 saturated carbocycles. The standard InChI is InChI=1S/C20H22N2OS/c23-20(21-15-7-1-2-8-15)13-14-22-16-9-3-5-11-18(16)24-19-12-6-4-10-17(19)22/h3-6,9-12,15H,1-2,7-8,13-14H2,(H,21,23). The van der Waals surface area contributed by atoms with Crippen LogP contribution in [0.15, 0.2) is 58.3 Å². The number of carbonyl (C=O) groups excluding carboxylic acids is 1. The number of hydrogen-bond donors (Lipinski definition) is 1. The monoisotopic (exact) mass is 338 g/mol. The molecule has 1 aliphatic heterocycles. The van der Waals surface area contributed by atoms with Crippen LogP contribution in [0.4, 0.5) is 11.4 Å². The van der Waals surface area contributed by atoms with Crippen LogP contribution in [0.3, 0.4) is 0 Å². The molecule has 1 N–H and O–H groups in total. The number of carbonyl (C=O) groups is 1. The summed E-state index contributed by atoms with van der Waals surface area (Å²) in [4.78, 5) is 17.1. The second-order valence-corrected chi connectivity index (χ2v) is 7.57. The summed E-state index contributed by atoms with van der Waals surface area (Å²) in [6, 6.07) is 17.3. The SMILES string of the molecule is O=C(CCN1c2ccccc2Sc2ccccc21)NC1CCCC1. The van der Waals surface area contributed by atoms with Crippen LogP contribution in [0.5, 0.6) is 0 Å². The zero-order chi connectivity index (χ0) is 16.4. The summed E-state index contributed by atoms with van der Waals surface area (Å²) in [6.07, 6.45) is 5.30. The summed E-state index contributed by atoms with van der Waals surface area (Å²) in [5.41, 5.74) is 2.41. The number of nitrogens with zero attached hydrogens (tertiary/aromatic N) is 1. The molecule has 1 amide bonds. The molecule has 0 radical (unpaired) electrons. The van der Waals surface area contributed by atoms with Crippen LogP contribution in [0.25, 0.3) is 0 Å². The van der Waals surface area contributed by atoms with E-state index in [0.29, 0.717) is 19.0 Å². The molecule has 2 aromatic rings. The summed E-state index contributed by atoms with van der Waals surface area (Å²) in [7, 11) is 0. The minimum absolute atomic E-state index is 0.176. The average Bonchev–Trinajstić information content (AvgIpc) is 3.11. The van der Waals surface area contributed by atoms with Crippen molar-refractivity contribution in [2.75, 3.05) is 11.4 Å². The van der Waals surface area contributed by atoms with Gasteiger partial charge in [-0.15, -0.1) is 0 Å². The van der Waals surface area contributed by atoms with Crippen molar-refractivity contribution in [2.45, 2.75) is 47.9 Å². The summed E-state index contributed by atoms with van der Waals surface area (Å²) < 4.78 is 0. The van der Waals surface area contributed by atoms with Crippen LogP contribution < -0.4 is 10.2 Å². The zero-order valence-corrected chi connectivity index (χ0v) is 14.5. The van der Waals surface area contributed by atoms with Gasteiger partial charge in [0.25, 0.3) is 0 Å². The number of fused-ring (bicyclic) bond motifs is 2. The number of para-hydroxylation sites is 2. The van der Waals surface area contributed by atoms with Gasteiger partial charge in [-0.25, -0.2) is 0 Å². The molecule has 0 aromatic heterocycles. The first-order valence-corrected chi connectivity index (χ1v) is 9.56. The minimum atomic E-state index is 0.176. The van der Waals surface area contributed by atoms with E-state index in [0.717, 1.165) is 12.8 Å². The van der Waals surface area contributed by atoms with E-state index in [2.05, 4.69) is 58.7 Å². The van der Waals surface area contributed by atoms with Gasteiger partial charge in [-0.2, -0.15) is 0 Å². The van der Waals surface area contributed by atoms with E-state index in [1.165, 1.54) is 34.0 Å². The molecule has 0 unspecified atom stereocenters. The fourth-order valence-electron chi connectivity index (χ4n) is 3.61. The van der Waals surface area contributed by atoms with Crippen molar-refractivity contribution in [2.24, 2.45) is 0 Å². The van der Waals surface area contributed by atoms with Crippen LogP contribution in [-0.4, -0.2) is 18.5 Å². The van der Waals surface area contributed by atoms with E-state index >= 15 is 0 Å². The predicted molar refractivity (Wildman–Crippen MR) is 99.0 cm³/mol. The summed E-state index contributed by atoms with van der Waals surface area (Å²) >= 11 is 1.80. The Bertz CT molecular complexity index is 694. The van der Waals surface area contributed by atoms with Crippen LogP contribution in [0, 0.1) is 0 Å². The van der Waals surface area contributed by atoms with E-state index < -0.39 is 0 Å². The Morgan fingerprint density at radius 1 is 1.00 bits per heavy atom. The number of hydrogen-bond acceptors (Lipinski definition) is 3. The van der Waals surface area contributed by atoms with E-state index in [9.17, 15) is 4.79 Å². The summed E-state index contributed by atoms with van der Waals surface area (Å²) in [5.74, 6) is 0.176. The van der Waals surface area contributed by atoms with E-state index in [1.54, 1.807) is 11.8 Å². The van der Waals surface area contributed by atoms with Gasteiger partial charge in [-0.1, -0.05) is 48.9 Å². The highest BCUT2D eigenvalue weighted by molar-refractivity contribution is 7.99. The maximum absolute atomic E-state index is 12.3. The molecule has 24 heavy (non-hydrogen) atoms. The fourth-order valence-corrected chi connectivity index (χ4v) is 4.70. The highest BCUT2D eigenvalue weighted by atomic mass is 32.2. The van der Waals surface area contributed by atoms with Crippen molar-refractivity contribution in [1.82, 2.24) is 5.32 Å². The Morgan fingerprint density at radius 3 is 2.21 bits per heavy atom. The van der Waals surface area contributed by atoms with Gasteiger partial charge in [-0.3, -0.25) is 4.79 Å².